The maximum Gasteiger partial charge on any atom is 0.00377 e. The van der Waals surface area contributed by atoms with Gasteiger partial charge < -0.3 is 0 Å². The van der Waals surface area contributed by atoms with Crippen molar-refractivity contribution >= 4 is 59.5 Å². The maximum absolute atomic E-state index is 4.32. The molecule has 0 aromatic heterocycles. The Morgan fingerprint density at radius 1 is 1.17 bits per heavy atom. The summed E-state index contributed by atoms with van der Waals surface area (Å²) in [4.78, 5) is 0. The second-order valence-corrected chi connectivity index (χ2v) is 5.87. The lowest BCUT2D eigenvalue weighted by atomic mass is 10.1. The topological polar surface area (TPSA) is 0 Å². The number of rotatable bonds is 8. The molecule has 5 heteroatoms. The van der Waals surface area contributed by atoms with Crippen LogP contribution in [-0.4, -0.2) is 28.8 Å². The molecule has 0 fully saturated rings. The summed E-state index contributed by atoms with van der Waals surface area (Å²) in [6.07, 6.45) is 1.23. The van der Waals surface area contributed by atoms with Crippen molar-refractivity contribution in [3.05, 3.63) is 0 Å². The Bertz CT molecular complexity index is 87.9. The SMILES string of the molecule is SCCSCC(CS)CCSS. The normalized spacial score (nSPS) is 13.2. The molecule has 0 aliphatic carbocycles. The Labute approximate surface area is 100 Å². The predicted molar refractivity (Wildman–Crippen MR) is 74.6 cm³/mol. The summed E-state index contributed by atoms with van der Waals surface area (Å²) in [5, 5.41) is 0. The third-order valence-electron chi connectivity index (χ3n) is 1.46. The van der Waals surface area contributed by atoms with Gasteiger partial charge >= 0.3 is 0 Å². The van der Waals surface area contributed by atoms with E-state index in [2.05, 4.69) is 36.9 Å². The van der Waals surface area contributed by atoms with Crippen LogP contribution in [0.15, 0.2) is 0 Å². The zero-order valence-electron chi connectivity index (χ0n) is 6.98. The third-order valence-corrected chi connectivity index (χ3v) is 4.67. The zero-order valence-corrected chi connectivity index (χ0v) is 11.3. The molecule has 0 radical (unpaired) electrons. The molecule has 74 valence electrons. The number of hydrogen-bond acceptors (Lipinski definition) is 5. The molecule has 0 heterocycles. The molecular formula is C7H16S5. The molecule has 0 aliphatic heterocycles. The molecule has 0 saturated carbocycles. The van der Waals surface area contributed by atoms with Crippen molar-refractivity contribution in [1.82, 2.24) is 0 Å². The number of thioether (sulfide) groups is 1. The molecule has 0 bridgehead atoms. The number of thiol groups is 3. The van der Waals surface area contributed by atoms with E-state index in [1.54, 1.807) is 10.8 Å². The Hall–Kier alpha value is 1.75. The summed E-state index contributed by atoms with van der Waals surface area (Å²) >= 11 is 14.6. The van der Waals surface area contributed by atoms with Crippen LogP contribution in [0.3, 0.4) is 0 Å². The average Bonchev–Trinajstić information content (AvgIpc) is 2.11. The first-order valence-electron chi connectivity index (χ1n) is 3.91. The van der Waals surface area contributed by atoms with E-state index in [0.29, 0.717) is 0 Å². The molecular weight excluding hydrogens is 244 g/mol. The molecule has 12 heavy (non-hydrogen) atoms. The fourth-order valence-corrected chi connectivity index (χ4v) is 3.30. The lowest BCUT2D eigenvalue weighted by molar-refractivity contribution is 0.657. The van der Waals surface area contributed by atoms with Gasteiger partial charge in [-0.2, -0.15) is 37.0 Å². The first-order valence-corrected chi connectivity index (χ1v) is 8.36. The van der Waals surface area contributed by atoms with Gasteiger partial charge in [0.25, 0.3) is 0 Å². The molecule has 0 aromatic carbocycles. The Morgan fingerprint density at radius 3 is 2.42 bits per heavy atom. The molecule has 0 aromatic rings. The highest BCUT2D eigenvalue weighted by Gasteiger charge is 2.05. The summed E-state index contributed by atoms with van der Waals surface area (Å²) in [5.41, 5.74) is 0. The van der Waals surface area contributed by atoms with E-state index < -0.39 is 0 Å². The maximum atomic E-state index is 4.32. The third kappa shape index (κ3) is 8.35. The fourth-order valence-electron chi connectivity index (χ4n) is 0.761. The summed E-state index contributed by atoms with van der Waals surface area (Å²) in [7, 11) is 1.62. The van der Waals surface area contributed by atoms with E-state index >= 15 is 0 Å². The van der Waals surface area contributed by atoms with Crippen LogP contribution < -0.4 is 0 Å². The lowest BCUT2D eigenvalue weighted by Gasteiger charge is -2.12. The Kier molecular flexibility index (Phi) is 12.4. The van der Waals surface area contributed by atoms with Crippen LogP contribution in [0.1, 0.15) is 6.42 Å². The summed E-state index contributed by atoms with van der Waals surface area (Å²) in [5.74, 6) is 6.23. The van der Waals surface area contributed by atoms with Gasteiger partial charge in [-0.15, -0.1) is 11.7 Å². The van der Waals surface area contributed by atoms with Crippen LogP contribution in [0.4, 0.5) is 0 Å². The van der Waals surface area contributed by atoms with E-state index in [0.717, 1.165) is 28.9 Å². The van der Waals surface area contributed by atoms with Crippen LogP contribution in [-0.2, 0) is 0 Å². The first-order chi connectivity index (χ1) is 5.85. The van der Waals surface area contributed by atoms with Crippen molar-refractivity contribution in [3.63, 3.8) is 0 Å². The minimum atomic E-state index is 0.748. The quantitative estimate of drug-likeness (QED) is 0.348. The van der Waals surface area contributed by atoms with Gasteiger partial charge in [-0.3, -0.25) is 0 Å². The van der Waals surface area contributed by atoms with Gasteiger partial charge in [0, 0.05) is 11.5 Å². The van der Waals surface area contributed by atoms with Crippen molar-refractivity contribution < 1.29 is 0 Å². The van der Waals surface area contributed by atoms with E-state index in [4.69, 9.17) is 0 Å². The van der Waals surface area contributed by atoms with Gasteiger partial charge in [0.05, 0.1) is 0 Å². The fraction of sp³-hybridized carbons (Fsp3) is 1.00. The van der Waals surface area contributed by atoms with E-state index in [1.165, 1.54) is 12.2 Å². The van der Waals surface area contributed by atoms with Crippen molar-refractivity contribution in [2.45, 2.75) is 6.42 Å². The van der Waals surface area contributed by atoms with E-state index in [-0.39, 0.29) is 0 Å². The van der Waals surface area contributed by atoms with Crippen molar-refractivity contribution in [3.8, 4) is 0 Å². The molecule has 0 saturated heterocycles. The highest BCUT2D eigenvalue weighted by molar-refractivity contribution is 8.68. The van der Waals surface area contributed by atoms with Crippen molar-refractivity contribution in [2.75, 3.05) is 28.8 Å². The molecule has 0 rings (SSSR count). The van der Waals surface area contributed by atoms with Crippen LogP contribution in [0.5, 0.6) is 0 Å². The Balaban J connectivity index is 3.26. The highest BCUT2D eigenvalue weighted by Crippen LogP contribution is 2.18. The first kappa shape index (κ1) is 13.8. The van der Waals surface area contributed by atoms with Gasteiger partial charge in [-0.25, -0.2) is 0 Å². The molecule has 0 N–H and O–H groups in total. The largest absolute Gasteiger partial charge is 0.179 e. The zero-order chi connectivity index (χ0) is 9.23. The molecule has 1 atom stereocenters. The molecule has 0 nitrogen and oxygen atoms in total. The molecule has 0 spiro atoms. The summed E-state index contributed by atoms with van der Waals surface area (Å²) in [6.45, 7) is 0. The van der Waals surface area contributed by atoms with E-state index in [9.17, 15) is 0 Å². The van der Waals surface area contributed by atoms with Crippen molar-refractivity contribution in [1.29, 1.82) is 0 Å². The predicted octanol–water partition coefficient (Wildman–Crippen LogP) is 3.16. The summed E-state index contributed by atoms with van der Waals surface area (Å²) < 4.78 is 0. The average molecular weight is 261 g/mol. The molecule has 0 aliphatic rings. The van der Waals surface area contributed by atoms with Gasteiger partial charge in [0.15, 0.2) is 0 Å². The van der Waals surface area contributed by atoms with Gasteiger partial charge in [0.1, 0.15) is 0 Å². The minimum absolute atomic E-state index is 0.748. The van der Waals surface area contributed by atoms with Gasteiger partial charge in [-0.1, -0.05) is 10.8 Å². The monoisotopic (exact) mass is 260 g/mol. The standard InChI is InChI=1S/C7H16S5/c8-2-4-11-6-7(5-9)1-3-12-10/h7-10H,1-6H2. The van der Waals surface area contributed by atoms with Crippen LogP contribution >= 0.6 is 59.5 Å². The summed E-state index contributed by atoms with van der Waals surface area (Å²) in [6, 6.07) is 0. The molecule has 0 amide bonds. The van der Waals surface area contributed by atoms with Crippen LogP contribution in [0.25, 0.3) is 0 Å². The van der Waals surface area contributed by atoms with Gasteiger partial charge in [0.2, 0.25) is 0 Å². The lowest BCUT2D eigenvalue weighted by Crippen LogP contribution is -2.07. The van der Waals surface area contributed by atoms with Gasteiger partial charge in [-0.05, 0) is 29.6 Å². The highest BCUT2D eigenvalue weighted by atomic mass is 33.1. The van der Waals surface area contributed by atoms with Crippen LogP contribution in [0.2, 0.25) is 0 Å². The van der Waals surface area contributed by atoms with Crippen molar-refractivity contribution in [2.24, 2.45) is 5.92 Å². The minimum Gasteiger partial charge on any atom is -0.179 e. The Morgan fingerprint density at radius 2 is 1.92 bits per heavy atom. The van der Waals surface area contributed by atoms with E-state index in [1.807, 2.05) is 11.8 Å². The molecule has 1 unspecified atom stereocenters. The smallest absolute Gasteiger partial charge is 0.00377 e. The van der Waals surface area contributed by atoms with Crippen LogP contribution in [0, 0.1) is 5.92 Å². The second-order valence-electron chi connectivity index (χ2n) is 2.47. The number of hydrogen-bond donors (Lipinski definition) is 3. The second kappa shape index (κ2) is 10.8.